The number of H-pyrrole nitrogens is 1. The molecule has 204 valence electrons. The zero-order chi connectivity index (χ0) is 27.9. The van der Waals surface area contributed by atoms with Crippen LogP contribution in [-0.2, 0) is 17.8 Å². The maximum absolute atomic E-state index is 13.7. The van der Waals surface area contributed by atoms with Crippen LogP contribution in [0.25, 0.3) is 10.9 Å². The molecule has 0 unspecified atom stereocenters. The first-order valence-electron chi connectivity index (χ1n) is 13.4. The van der Waals surface area contributed by atoms with Crippen molar-refractivity contribution in [3.8, 4) is 0 Å². The summed E-state index contributed by atoms with van der Waals surface area (Å²) in [7, 11) is 0. The number of carbonyl (C=O) groups is 2. The fraction of sp³-hybridized carbons (Fsp3) is 0.312. The van der Waals surface area contributed by atoms with E-state index in [1.54, 1.807) is 21.9 Å². The summed E-state index contributed by atoms with van der Waals surface area (Å²) in [4.78, 5) is 33.6. The lowest BCUT2D eigenvalue weighted by molar-refractivity contribution is -0.132. The van der Waals surface area contributed by atoms with E-state index >= 15 is 0 Å². The molecule has 7 heteroatoms. The third-order valence-corrected chi connectivity index (χ3v) is 6.92. The molecule has 0 bridgehead atoms. The van der Waals surface area contributed by atoms with Gasteiger partial charge in [-0.1, -0.05) is 50.2 Å². The number of nitrogens with one attached hydrogen (secondary N) is 2. The summed E-state index contributed by atoms with van der Waals surface area (Å²) in [5, 5.41) is 4.09. The molecule has 0 spiro atoms. The lowest BCUT2D eigenvalue weighted by Gasteiger charge is -2.29. The number of hydrogen-bond donors (Lipinski definition) is 2. The molecule has 0 aliphatic rings. The van der Waals surface area contributed by atoms with Gasteiger partial charge < -0.3 is 20.1 Å². The van der Waals surface area contributed by atoms with E-state index in [0.29, 0.717) is 31.7 Å². The lowest BCUT2D eigenvalue weighted by atomic mass is 10.1. The van der Waals surface area contributed by atoms with Crippen LogP contribution in [0, 0.1) is 25.6 Å². The average molecular weight is 529 g/mol. The van der Waals surface area contributed by atoms with Crippen molar-refractivity contribution >= 4 is 28.5 Å². The van der Waals surface area contributed by atoms with Gasteiger partial charge in [-0.25, -0.2) is 9.18 Å². The maximum Gasteiger partial charge on any atom is 0.322 e. The molecule has 4 rings (SSSR count). The van der Waals surface area contributed by atoms with Gasteiger partial charge in [-0.05, 0) is 78.8 Å². The molecule has 0 atom stereocenters. The Balaban J connectivity index is 1.52. The van der Waals surface area contributed by atoms with Crippen molar-refractivity contribution in [2.45, 2.75) is 40.7 Å². The van der Waals surface area contributed by atoms with Crippen LogP contribution < -0.4 is 5.32 Å². The molecule has 0 saturated heterocycles. The summed E-state index contributed by atoms with van der Waals surface area (Å²) in [6, 6.07) is 19.7. The Kier molecular flexibility index (Phi) is 9.02. The Morgan fingerprint density at radius 3 is 2.41 bits per heavy atom. The molecule has 1 aromatic heterocycles. The summed E-state index contributed by atoms with van der Waals surface area (Å²) in [6.45, 7) is 9.25. The van der Waals surface area contributed by atoms with E-state index in [2.05, 4.69) is 16.4 Å². The van der Waals surface area contributed by atoms with Crippen LogP contribution in [0.1, 0.15) is 36.1 Å². The number of aromatic nitrogens is 1. The van der Waals surface area contributed by atoms with Crippen molar-refractivity contribution in [2.24, 2.45) is 5.92 Å². The number of para-hydroxylation sites is 1. The molecular formula is C32H37FN4O2. The number of aromatic amines is 1. The second-order valence-corrected chi connectivity index (χ2v) is 10.6. The molecule has 39 heavy (non-hydrogen) atoms. The molecule has 0 aliphatic carbocycles. The number of hydrogen-bond acceptors (Lipinski definition) is 2. The first-order chi connectivity index (χ1) is 18.7. The second-order valence-electron chi connectivity index (χ2n) is 10.6. The number of rotatable bonds is 10. The van der Waals surface area contributed by atoms with Crippen LogP contribution in [0.5, 0.6) is 0 Å². The van der Waals surface area contributed by atoms with Crippen molar-refractivity contribution in [3.05, 3.63) is 101 Å². The summed E-state index contributed by atoms with van der Waals surface area (Å²) >= 11 is 0. The van der Waals surface area contributed by atoms with Crippen molar-refractivity contribution < 1.29 is 14.0 Å². The van der Waals surface area contributed by atoms with Gasteiger partial charge in [-0.15, -0.1) is 0 Å². The third kappa shape index (κ3) is 7.47. The van der Waals surface area contributed by atoms with E-state index < -0.39 is 0 Å². The number of nitrogens with zero attached hydrogens (tertiary/aromatic N) is 2. The molecule has 1 heterocycles. The van der Waals surface area contributed by atoms with Crippen molar-refractivity contribution in [3.63, 3.8) is 0 Å². The van der Waals surface area contributed by atoms with Crippen molar-refractivity contribution in [1.29, 1.82) is 0 Å². The summed E-state index contributed by atoms with van der Waals surface area (Å²) in [5.74, 6) is -0.295. The highest BCUT2D eigenvalue weighted by Crippen LogP contribution is 2.20. The highest BCUT2D eigenvalue weighted by molar-refractivity contribution is 5.92. The number of anilines is 1. The Labute approximate surface area is 229 Å². The minimum atomic E-state index is -0.318. The fourth-order valence-corrected chi connectivity index (χ4v) is 4.64. The highest BCUT2D eigenvalue weighted by Gasteiger charge is 2.23. The van der Waals surface area contributed by atoms with Gasteiger partial charge in [-0.3, -0.25) is 4.79 Å². The maximum atomic E-state index is 13.7. The zero-order valence-corrected chi connectivity index (χ0v) is 23.1. The van der Waals surface area contributed by atoms with Gasteiger partial charge in [0.25, 0.3) is 0 Å². The topological polar surface area (TPSA) is 68.4 Å². The van der Waals surface area contributed by atoms with E-state index in [1.807, 2.05) is 70.3 Å². The van der Waals surface area contributed by atoms with Crippen molar-refractivity contribution in [2.75, 3.05) is 25.0 Å². The highest BCUT2D eigenvalue weighted by atomic mass is 19.1. The Morgan fingerprint density at radius 1 is 0.949 bits per heavy atom. The van der Waals surface area contributed by atoms with Gasteiger partial charge in [-0.2, -0.15) is 0 Å². The number of aryl methyl sites for hydroxylation is 2. The first kappa shape index (κ1) is 27.9. The zero-order valence-electron chi connectivity index (χ0n) is 23.1. The summed E-state index contributed by atoms with van der Waals surface area (Å²) in [5.41, 5.74) is 5.94. The van der Waals surface area contributed by atoms with E-state index in [0.717, 1.165) is 33.2 Å². The number of urea groups is 1. The quantitative estimate of drug-likeness (QED) is 0.241. The van der Waals surface area contributed by atoms with Crippen LogP contribution in [-0.4, -0.2) is 46.4 Å². The minimum absolute atomic E-state index is 0.0517. The van der Waals surface area contributed by atoms with Gasteiger partial charge in [0.15, 0.2) is 0 Å². The Bertz CT molecular complexity index is 1430. The second kappa shape index (κ2) is 12.6. The molecule has 0 fully saturated rings. The molecule has 6 nitrogen and oxygen atoms in total. The van der Waals surface area contributed by atoms with E-state index in [-0.39, 0.29) is 30.2 Å². The predicted octanol–water partition coefficient (Wildman–Crippen LogP) is 6.69. The smallest absolute Gasteiger partial charge is 0.322 e. The molecule has 0 saturated carbocycles. The van der Waals surface area contributed by atoms with Crippen LogP contribution in [0.2, 0.25) is 0 Å². The molecule has 0 aliphatic heterocycles. The van der Waals surface area contributed by atoms with E-state index in [9.17, 15) is 14.0 Å². The van der Waals surface area contributed by atoms with Crippen molar-refractivity contribution in [1.82, 2.24) is 14.8 Å². The SMILES string of the molecule is Cc1ccc(NC(=O)N(CC(=O)N(CCc2c[nH]c3ccccc23)Cc2ccc(F)cc2)CC(C)C)cc1C. The van der Waals surface area contributed by atoms with Gasteiger partial charge in [0.1, 0.15) is 12.4 Å². The number of benzene rings is 3. The van der Waals surface area contributed by atoms with Crippen LogP contribution >= 0.6 is 0 Å². The lowest BCUT2D eigenvalue weighted by Crippen LogP contribution is -2.46. The number of fused-ring (bicyclic) bond motifs is 1. The molecule has 3 aromatic carbocycles. The van der Waals surface area contributed by atoms with E-state index in [1.165, 1.54) is 12.1 Å². The molecule has 4 aromatic rings. The van der Waals surface area contributed by atoms with Gasteiger partial charge >= 0.3 is 6.03 Å². The number of carbonyl (C=O) groups excluding carboxylic acids is 2. The first-order valence-corrected chi connectivity index (χ1v) is 13.4. The largest absolute Gasteiger partial charge is 0.361 e. The molecule has 2 N–H and O–H groups in total. The summed E-state index contributed by atoms with van der Waals surface area (Å²) in [6.07, 6.45) is 2.63. The monoisotopic (exact) mass is 528 g/mol. The van der Waals surface area contributed by atoms with Gasteiger partial charge in [0.2, 0.25) is 5.91 Å². The van der Waals surface area contributed by atoms with Crippen LogP contribution in [0.3, 0.4) is 0 Å². The number of amides is 3. The fourth-order valence-electron chi connectivity index (χ4n) is 4.64. The standard InChI is InChI=1S/C32H37FN4O2/c1-22(2)19-37(32(39)35-28-14-9-23(3)24(4)17-28)21-31(38)36(20-25-10-12-27(33)13-11-25)16-15-26-18-34-30-8-6-5-7-29(26)30/h5-14,17-18,22,34H,15-16,19-21H2,1-4H3,(H,35,39). The van der Waals surface area contributed by atoms with Crippen LogP contribution in [0.4, 0.5) is 14.9 Å². The normalized spacial score (nSPS) is 11.1. The van der Waals surface area contributed by atoms with Crippen LogP contribution in [0.15, 0.2) is 72.9 Å². The van der Waals surface area contributed by atoms with E-state index in [4.69, 9.17) is 0 Å². The Morgan fingerprint density at radius 2 is 1.69 bits per heavy atom. The minimum Gasteiger partial charge on any atom is -0.361 e. The summed E-state index contributed by atoms with van der Waals surface area (Å²) < 4.78 is 13.5. The number of halogens is 1. The molecule has 3 amide bonds. The molecular weight excluding hydrogens is 491 g/mol. The third-order valence-electron chi connectivity index (χ3n) is 6.92. The molecule has 0 radical (unpaired) electrons. The van der Waals surface area contributed by atoms with Gasteiger partial charge in [0.05, 0.1) is 0 Å². The average Bonchev–Trinajstić information content (AvgIpc) is 3.32. The Hall–Kier alpha value is -4.13. The predicted molar refractivity (Wildman–Crippen MR) is 155 cm³/mol. The van der Waals surface area contributed by atoms with Gasteiger partial charge in [0, 0.05) is 42.4 Å².